The number of rotatable bonds is 5. The lowest BCUT2D eigenvalue weighted by atomic mass is 10.3. The monoisotopic (exact) mass is 333 g/mol. The minimum Gasteiger partial charge on any atom is -0.325 e. The number of alkyl halides is 1. The molecule has 0 radical (unpaired) electrons. The molecule has 0 bridgehead atoms. The first-order chi connectivity index (χ1) is 9.43. The number of halogens is 3. The lowest BCUT2D eigenvalue weighted by Gasteiger charge is -2.16. The van der Waals surface area contributed by atoms with Crippen molar-refractivity contribution in [3.05, 3.63) is 28.0 Å². The van der Waals surface area contributed by atoms with Gasteiger partial charge < -0.3 is 9.47 Å². The van der Waals surface area contributed by atoms with E-state index in [1.165, 1.54) is 0 Å². The summed E-state index contributed by atoms with van der Waals surface area (Å²) in [5, 5.41) is 0.896. The van der Waals surface area contributed by atoms with Gasteiger partial charge in [-0.2, -0.15) is 0 Å². The highest BCUT2D eigenvalue weighted by molar-refractivity contribution is 6.42. The predicted molar refractivity (Wildman–Crippen MR) is 87.2 cm³/mol. The van der Waals surface area contributed by atoms with Crippen LogP contribution < -0.4 is 0 Å². The van der Waals surface area contributed by atoms with Crippen molar-refractivity contribution in [2.24, 2.45) is 0 Å². The summed E-state index contributed by atoms with van der Waals surface area (Å²) >= 11 is 18.4. The Labute approximate surface area is 134 Å². The lowest BCUT2D eigenvalue weighted by molar-refractivity contribution is 0.335. The van der Waals surface area contributed by atoms with Gasteiger partial charge in [0.2, 0.25) is 0 Å². The molecule has 0 aliphatic heterocycles. The Kier molecular flexibility index (Phi) is 5.19. The van der Waals surface area contributed by atoms with Crippen LogP contribution in [-0.2, 0) is 6.54 Å². The topological polar surface area (TPSA) is 21.1 Å². The van der Waals surface area contributed by atoms with E-state index in [2.05, 4.69) is 28.4 Å². The van der Waals surface area contributed by atoms with Gasteiger partial charge >= 0.3 is 0 Å². The van der Waals surface area contributed by atoms with Crippen LogP contribution in [0.3, 0.4) is 0 Å². The number of fused-ring (bicyclic) bond motifs is 1. The van der Waals surface area contributed by atoms with Crippen LogP contribution in [0.25, 0.3) is 11.0 Å². The van der Waals surface area contributed by atoms with Crippen molar-refractivity contribution in [1.29, 1.82) is 0 Å². The molecule has 0 saturated heterocycles. The first-order valence-corrected chi connectivity index (χ1v) is 7.81. The molecule has 0 N–H and O–H groups in total. The van der Waals surface area contributed by atoms with Crippen LogP contribution in [0.4, 0.5) is 0 Å². The molecular formula is C14H18Cl3N3. The molecular weight excluding hydrogens is 317 g/mol. The molecule has 1 aromatic carbocycles. The SMILES string of the molecule is CCN(C)CCn1c(C(C)Cl)nc2cc(Cl)c(Cl)cc21. The van der Waals surface area contributed by atoms with E-state index >= 15 is 0 Å². The Morgan fingerprint density at radius 2 is 1.95 bits per heavy atom. The standard InChI is InChI=1S/C14H18Cl3N3/c1-4-19(3)5-6-20-13-8-11(17)10(16)7-12(13)18-14(20)9(2)15/h7-9H,4-6H2,1-3H3. The zero-order chi connectivity index (χ0) is 14.9. The van der Waals surface area contributed by atoms with Gasteiger partial charge in [0.25, 0.3) is 0 Å². The first-order valence-electron chi connectivity index (χ1n) is 6.61. The van der Waals surface area contributed by atoms with E-state index < -0.39 is 0 Å². The maximum Gasteiger partial charge on any atom is 0.127 e. The maximum absolute atomic E-state index is 6.25. The molecule has 0 fully saturated rings. The third-order valence-electron chi connectivity index (χ3n) is 3.42. The molecule has 3 nitrogen and oxygen atoms in total. The van der Waals surface area contributed by atoms with E-state index in [0.29, 0.717) is 10.0 Å². The third kappa shape index (κ3) is 3.22. The van der Waals surface area contributed by atoms with Gasteiger partial charge in [0.1, 0.15) is 5.82 Å². The fourth-order valence-corrected chi connectivity index (χ4v) is 2.59. The number of imidazole rings is 1. The van der Waals surface area contributed by atoms with Gasteiger partial charge in [-0.25, -0.2) is 4.98 Å². The lowest BCUT2D eigenvalue weighted by Crippen LogP contribution is -2.23. The van der Waals surface area contributed by atoms with Crippen molar-refractivity contribution >= 4 is 45.8 Å². The molecule has 1 aromatic heterocycles. The predicted octanol–water partition coefficient (Wildman–Crippen LogP) is 4.59. The van der Waals surface area contributed by atoms with Crippen molar-refractivity contribution in [1.82, 2.24) is 14.5 Å². The minimum absolute atomic E-state index is 0.160. The van der Waals surface area contributed by atoms with Crippen molar-refractivity contribution < 1.29 is 0 Å². The Morgan fingerprint density at radius 3 is 2.55 bits per heavy atom. The number of hydrogen-bond donors (Lipinski definition) is 0. The molecule has 1 unspecified atom stereocenters. The molecule has 110 valence electrons. The second kappa shape index (κ2) is 6.52. The largest absolute Gasteiger partial charge is 0.325 e. The molecule has 0 saturated carbocycles. The van der Waals surface area contributed by atoms with Crippen LogP contribution >= 0.6 is 34.8 Å². The molecule has 0 spiro atoms. The molecule has 1 atom stereocenters. The summed E-state index contributed by atoms with van der Waals surface area (Å²) in [6.45, 7) is 6.81. The maximum atomic E-state index is 6.25. The second-order valence-corrected chi connectivity index (χ2v) is 6.36. The Balaban J connectivity index is 2.47. The van der Waals surface area contributed by atoms with Gasteiger partial charge in [-0.3, -0.25) is 0 Å². The number of nitrogens with zero attached hydrogens (tertiary/aromatic N) is 3. The molecule has 0 aliphatic rings. The van der Waals surface area contributed by atoms with Gasteiger partial charge in [-0.05, 0) is 32.6 Å². The highest BCUT2D eigenvalue weighted by Crippen LogP contribution is 2.31. The zero-order valence-corrected chi connectivity index (χ0v) is 14.1. The summed E-state index contributed by atoms with van der Waals surface area (Å²) in [6.07, 6.45) is 0. The van der Waals surface area contributed by atoms with Crippen LogP contribution in [0.1, 0.15) is 25.0 Å². The third-order valence-corrected chi connectivity index (χ3v) is 4.34. The summed E-state index contributed by atoms with van der Waals surface area (Å²) < 4.78 is 2.13. The summed E-state index contributed by atoms with van der Waals surface area (Å²) in [4.78, 5) is 6.83. The molecule has 0 amide bonds. The van der Waals surface area contributed by atoms with Crippen LogP contribution in [0.5, 0.6) is 0 Å². The zero-order valence-electron chi connectivity index (χ0n) is 11.8. The van der Waals surface area contributed by atoms with Crippen molar-refractivity contribution in [2.75, 3.05) is 20.1 Å². The normalized spacial score (nSPS) is 13.3. The average molecular weight is 335 g/mol. The fraction of sp³-hybridized carbons (Fsp3) is 0.500. The number of likely N-dealkylation sites (N-methyl/N-ethyl adjacent to an activating group) is 1. The highest BCUT2D eigenvalue weighted by Gasteiger charge is 2.16. The minimum atomic E-state index is -0.160. The van der Waals surface area contributed by atoms with E-state index in [1.807, 2.05) is 13.0 Å². The van der Waals surface area contributed by atoms with Crippen LogP contribution in [0, 0.1) is 0 Å². The molecule has 2 aromatic rings. The smallest absolute Gasteiger partial charge is 0.127 e. The van der Waals surface area contributed by atoms with Gasteiger partial charge in [0.15, 0.2) is 0 Å². The number of aromatic nitrogens is 2. The van der Waals surface area contributed by atoms with Crippen LogP contribution in [0.15, 0.2) is 12.1 Å². The number of benzene rings is 1. The van der Waals surface area contributed by atoms with Gasteiger partial charge in [-0.1, -0.05) is 30.1 Å². The fourth-order valence-electron chi connectivity index (χ4n) is 2.11. The summed E-state index contributed by atoms with van der Waals surface area (Å²) in [7, 11) is 2.09. The van der Waals surface area contributed by atoms with Crippen LogP contribution in [-0.4, -0.2) is 34.6 Å². The summed E-state index contributed by atoms with van der Waals surface area (Å²) in [5.74, 6) is 0.851. The Morgan fingerprint density at radius 1 is 1.30 bits per heavy atom. The molecule has 2 rings (SSSR count). The van der Waals surface area contributed by atoms with Crippen molar-refractivity contribution in [2.45, 2.75) is 25.8 Å². The van der Waals surface area contributed by atoms with E-state index in [4.69, 9.17) is 34.8 Å². The van der Waals surface area contributed by atoms with Gasteiger partial charge in [-0.15, -0.1) is 11.6 Å². The van der Waals surface area contributed by atoms with Gasteiger partial charge in [0.05, 0.1) is 26.5 Å². The molecule has 1 heterocycles. The van der Waals surface area contributed by atoms with Crippen LogP contribution in [0.2, 0.25) is 10.0 Å². The van der Waals surface area contributed by atoms with E-state index in [9.17, 15) is 0 Å². The second-order valence-electron chi connectivity index (χ2n) is 4.89. The Hall–Kier alpha value is -0.480. The summed E-state index contributed by atoms with van der Waals surface area (Å²) in [6, 6.07) is 3.66. The molecule has 20 heavy (non-hydrogen) atoms. The first kappa shape index (κ1) is 15.9. The van der Waals surface area contributed by atoms with Gasteiger partial charge in [0, 0.05) is 13.1 Å². The van der Waals surface area contributed by atoms with E-state index in [0.717, 1.165) is 36.5 Å². The quantitative estimate of drug-likeness (QED) is 0.745. The van der Waals surface area contributed by atoms with Crippen molar-refractivity contribution in [3.8, 4) is 0 Å². The molecule has 0 aliphatic carbocycles. The van der Waals surface area contributed by atoms with E-state index in [1.54, 1.807) is 6.07 Å². The Bertz CT molecular complexity index is 607. The number of hydrogen-bond acceptors (Lipinski definition) is 2. The average Bonchev–Trinajstić information content (AvgIpc) is 2.74. The highest BCUT2D eigenvalue weighted by atomic mass is 35.5. The van der Waals surface area contributed by atoms with Crippen molar-refractivity contribution in [3.63, 3.8) is 0 Å². The molecule has 6 heteroatoms. The summed E-state index contributed by atoms with van der Waals surface area (Å²) in [5.41, 5.74) is 1.81. The van der Waals surface area contributed by atoms with E-state index in [-0.39, 0.29) is 5.38 Å².